The largest absolute Gasteiger partial charge is 0.370 e. The predicted octanol–water partition coefficient (Wildman–Crippen LogP) is 3.22. The highest BCUT2D eigenvalue weighted by Gasteiger charge is 2.24. The minimum Gasteiger partial charge on any atom is -0.370 e. The van der Waals surface area contributed by atoms with Crippen molar-refractivity contribution in [2.75, 3.05) is 43.9 Å². The van der Waals surface area contributed by atoms with E-state index in [0.29, 0.717) is 23.1 Å². The normalized spacial score (nSPS) is 18.5. The van der Waals surface area contributed by atoms with E-state index in [0.717, 1.165) is 25.3 Å². The maximum atomic E-state index is 12.6. The van der Waals surface area contributed by atoms with E-state index < -0.39 is 0 Å². The lowest BCUT2D eigenvalue weighted by Crippen LogP contribution is -2.31. The van der Waals surface area contributed by atoms with Crippen molar-refractivity contribution in [3.05, 3.63) is 59.7 Å². The predicted molar refractivity (Wildman–Crippen MR) is 120 cm³/mol. The molecule has 2 N–H and O–H groups in total. The van der Waals surface area contributed by atoms with Crippen LogP contribution in [0.25, 0.3) is 0 Å². The Morgan fingerprint density at radius 1 is 0.933 bits per heavy atom. The van der Waals surface area contributed by atoms with Gasteiger partial charge in [-0.2, -0.15) is 0 Å². The average molecular weight is 407 g/mol. The first kappa shape index (κ1) is 20.4. The van der Waals surface area contributed by atoms with Crippen LogP contribution < -0.4 is 15.5 Å². The van der Waals surface area contributed by atoms with E-state index in [9.17, 15) is 9.59 Å². The topological polar surface area (TPSA) is 64.7 Å². The van der Waals surface area contributed by atoms with Gasteiger partial charge in [-0.1, -0.05) is 0 Å². The molecule has 1 unspecified atom stereocenters. The molecule has 2 aromatic carbocycles. The summed E-state index contributed by atoms with van der Waals surface area (Å²) in [6.45, 7) is 2.82. The van der Waals surface area contributed by atoms with E-state index in [1.807, 2.05) is 12.1 Å². The number of hydrogen-bond donors (Lipinski definition) is 2. The van der Waals surface area contributed by atoms with Crippen LogP contribution in [0.15, 0.2) is 48.5 Å². The van der Waals surface area contributed by atoms with Crippen LogP contribution in [-0.4, -0.2) is 56.5 Å². The van der Waals surface area contributed by atoms with Crippen molar-refractivity contribution in [2.45, 2.75) is 25.3 Å². The molecule has 6 heteroatoms. The van der Waals surface area contributed by atoms with Gasteiger partial charge >= 0.3 is 0 Å². The first-order chi connectivity index (χ1) is 14.5. The highest BCUT2D eigenvalue weighted by molar-refractivity contribution is 6.05. The Morgan fingerprint density at radius 3 is 2.13 bits per heavy atom. The zero-order chi connectivity index (χ0) is 21.1. The lowest BCUT2D eigenvalue weighted by Gasteiger charge is -2.22. The van der Waals surface area contributed by atoms with Crippen LogP contribution in [0.3, 0.4) is 0 Å². The number of anilines is 2. The smallest absolute Gasteiger partial charge is 0.255 e. The van der Waals surface area contributed by atoms with Crippen molar-refractivity contribution < 1.29 is 9.59 Å². The summed E-state index contributed by atoms with van der Waals surface area (Å²) in [5, 5.41) is 5.87. The van der Waals surface area contributed by atoms with Gasteiger partial charge in [0, 0.05) is 48.2 Å². The summed E-state index contributed by atoms with van der Waals surface area (Å²) in [5.41, 5.74) is 3.06. The maximum absolute atomic E-state index is 12.6. The standard InChI is InChI=1S/C24H30N4O2/c1-27(2)22-13-14-28(16-22)21-11-9-20(10-12-21)26-24(30)19-7-5-18(6-8-19)23(29)25-15-17-3-4-17/h5-12,17,22H,3-4,13-16H2,1-2H3,(H,25,29)(H,26,30). The fraction of sp³-hybridized carbons (Fsp3) is 0.417. The van der Waals surface area contributed by atoms with Crippen LogP contribution in [-0.2, 0) is 0 Å². The van der Waals surface area contributed by atoms with Gasteiger partial charge in [-0.15, -0.1) is 0 Å². The Hall–Kier alpha value is -2.86. The summed E-state index contributed by atoms with van der Waals surface area (Å²) < 4.78 is 0. The van der Waals surface area contributed by atoms with Crippen LogP contribution in [0.4, 0.5) is 11.4 Å². The summed E-state index contributed by atoms with van der Waals surface area (Å²) in [6, 6.07) is 15.4. The van der Waals surface area contributed by atoms with Gasteiger partial charge in [0.15, 0.2) is 0 Å². The number of carbonyl (C=O) groups is 2. The minimum absolute atomic E-state index is 0.0807. The van der Waals surface area contributed by atoms with Gasteiger partial charge in [0.25, 0.3) is 11.8 Å². The number of likely N-dealkylation sites (N-methyl/N-ethyl adjacent to an activating group) is 1. The number of rotatable bonds is 7. The molecule has 4 rings (SSSR count). The molecule has 0 spiro atoms. The van der Waals surface area contributed by atoms with Crippen molar-refractivity contribution in [3.8, 4) is 0 Å². The van der Waals surface area contributed by atoms with Gasteiger partial charge in [-0.25, -0.2) is 0 Å². The molecule has 6 nitrogen and oxygen atoms in total. The Kier molecular flexibility index (Phi) is 6.04. The zero-order valence-electron chi connectivity index (χ0n) is 17.7. The third-order valence-corrected chi connectivity index (χ3v) is 6.04. The third-order valence-electron chi connectivity index (χ3n) is 6.04. The summed E-state index contributed by atoms with van der Waals surface area (Å²) >= 11 is 0. The molecule has 1 aliphatic heterocycles. The van der Waals surface area contributed by atoms with Gasteiger partial charge in [0.2, 0.25) is 0 Å². The average Bonchev–Trinajstić information content (AvgIpc) is 3.45. The fourth-order valence-electron chi connectivity index (χ4n) is 3.79. The zero-order valence-corrected chi connectivity index (χ0v) is 17.7. The van der Waals surface area contributed by atoms with E-state index in [-0.39, 0.29) is 11.8 Å². The molecule has 2 amide bonds. The second-order valence-electron chi connectivity index (χ2n) is 8.58. The van der Waals surface area contributed by atoms with Crippen molar-refractivity contribution >= 4 is 23.2 Å². The molecule has 1 saturated heterocycles. The first-order valence-electron chi connectivity index (χ1n) is 10.7. The molecule has 2 fully saturated rings. The van der Waals surface area contributed by atoms with Crippen LogP contribution in [0, 0.1) is 5.92 Å². The van der Waals surface area contributed by atoms with Crippen molar-refractivity contribution in [1.82, 2.24) is 10.2 Å². The Balaban J connectivity index is 1.31. The maximum Gasteiger partial charge on any atom is 0.255 e. The summed E-state index contributed by atoms with van der Waals surface area (Å²) in [7, 11) is 4.25. The monoisotopic (exact) mass is 406 g/mol. The molecule has 2 aromatic rings. The van der Waals surface area contributed by atoms with Crippen molar-refractivity contribution in [3.63, 3.8) is 0 Å². The molecule has 0 aromatic heterocycles. The van der Waals surface area contributed by atoms with Crippen molar-refractivity contribution in [1.29, 1.82) is 0 Å². The molecule has 158 valence electrons. The number of amides is 2. The van der Waals surface area contributed by atoms with E-state index in [4.69, 9.17) is 0 Å². The van der Waals surface area contributed by atoms with Crippen LogP contribution in [0.5, 0.6) is 0 Å². The second kappa shape index (κ2) is 8.88. The van der Waals surface area contributed by atoms with E-state index in [2.05, 4.69) is 46.7 Å². The fourth-order valence-corrected chi connectivity index (χ4v) is 3.79. The van der Waals surface area contributed by atoms with Gasteiger partial charge < -0.3 is 20.4 Å². The summed E-state index contributed by atoms with van der Waals surface area (Å²) in [6.07, 6.45) is 3.57. The molecule has 1 saturated carbocycles. The Bertz CT molecular complexity index is 888. The van der Waals surface area contributed by atoms with Gasteiger partial charge in [0.05, 0.1) is 0 Å². The number of benzene rings is 2. The van der Waals surface area contributed by atoms with Gasteiger partial charge in [-0.3, -0.25) is 9.59 Å². The van der Waals surface area contributed by atoms with E-state index in [1.54, 1.807) is 24.3 Å². The van der Waals surface area contributed by atoms with E-state index >= 15 is 0 Å². The molecular weight excluding hydrogens is 376 g/mol. The Morgan fingerprint density at radius 2 is 1.57 bits per heavy atom. The quantitative estimate of drug-likeness (QED) is 0.741. The molecule has 2 aliphatic rings. The highest BCUT2D eigenvalue weighted by atomic mass is 16.2. The van der Waals surface area contributed by atoms with E-state index in [1.165, 1.54) is 24.9 Å². The lowest BCUT2D eigenvalue weighted by molar-refractivity contribution is 0.0950. The second-order valence-corrected chi connectivity index (χ2v) is 8.58. The molecule has 0 radical (unpaired) electrons. The van der Waals surface area contributed by atoms with Gasteiger partial charge in [-0.05, 0) is 87.8 Å². The van der Waals surface area contributed by atoms with Crippen LogP contribution in [0.2, 0.25) is 0 Å². The highest BCUT2D eigenvalue weighted by Crippen LogP contribution is 2.27. The summed E-state index contributed by atoms with van der Waals surface area (Å²) in [5.74, 6) is 0.384. The number of nitrogens with zero attached hydrogens (tertiary/aromatic N) is 2. The molecule has 0 bridgehead atoms. The molecule has 1 heterocycles. The van der Waals surface area contributed by atoms with Crippen molar-refractivity contribution in [2.24, 2.45) is 5.92 Å². The lowest BCUT2D eigenvalue weighted by atomic mass is 10.1. The van der Waals surface area contributed by atoms with Gasteiger partial charge in [0.1, 0.15) is 0 Å². The Labute approximate surface area is 178 Å². The summed E-state index contributed by atoms with van der Waals surface area (Å²) in [4.78, 5) is 29.3. The number of nitrogens with one attached hydrogen (secondary N) is 2. The minimum atomic E-state index is -0.179. The molecular formula is C24H30N4O2. The molecule has 1 atom stereocenters. The number of carbonyl (C=O) groups excluding carboxylic acids is 2. The third kappa shape index (κ3) is 5.00. The molecule has 1 aliphatic carbocycles. The van der Waals surface area contributed by atoms with Crippen LogP contribution in [0.1, 0.15) is 40.0 Å². The first-order valence-corrected chi connectivity index (χ1v) is 10.7. The number of hydrogen-bond acceptors (Lipinski definition) is 4. The SMILES string of the molecule is CN(C)C1CCN(c2ccc(NC(=O)c3ccc(C(=O)NCC4CC4)cc3)cc2)C1. The van der Waals surface area contributed by atoms with Crippen LogP contribution >= 0.6 is 0 Å². The molecule has 30 heavy (non-hydrogen) atoms.